The normalized spacial score (nSPS) is 10.3. The molecule has 0 aliphatic heterocycles. The second-order valence-corrected chi connectivity index (χ2v) is 5.00. The Kier molecular flexibility index (Phi) is 3.71. The number of aromatic nitrogens is 1. The molecule has 0 saturated carbocycles. The van der Waals surface area contributed by atoms with Crippen LogP contribution in [0.25, 0.3) is 0 Å². The first-order chi connectivity index (χ1) is 9.02. The van der Waals surface area contributed by atoms with Crippen LogP contribution in [0.4, 0.5) is 10.8 Å². The van der Waals surface area contributed by atoms with E-state index in [1.807, 2.05) is 26.0 Å². The largest absolute Gasteiger partial charge is 0.496 e. The van der Waals surface area contributed by atoms with Gasteiger partial charge in [-0.1, -0.05) is 6.07 Å². The van der Waals surface area contributed by atoms with E-state index in [1.54, 1.807) is 12.5 Å². The molecule has 100 valence electrons. The number of anilines is 2. The highest BCUT2D eigenvalue weighted by Gasteiger charge is 2.13. The van der Waals surface area contributed by atoms with Crippen molar-refractivity contribution in [2.45, 2.75) is 13.8 Å². The zero-order valence-corrected chi connectivity index (χ0v) is 11.8. The third-order valence-electron chi connectivity index (χ3n) is 2.81. The number of carbonyl (C=O) groups is 1. The lowest BCUT2D eigenvalue weighted by Gasteiger charge is -2.13. The van der Waals surface area contributed by atoms with Gasteiger partial charge in [0.25, 0.3) is 5.91 Å². The molecule has 0 atom stereocenters. The lowest BCUT2D eigenvalue weighted by atomic mass is 10.1. The van der Waals surface area contributed by atoms with Crippen LogP contribution in [0.15, 0.2) is 17.5 Å². The zero-order valence-electron chi connectivity index (χ0n) is 11.0. The molecule has 19 heavy (non-hydrogen) atoms. The molecule has 1 heterocycles. The minimum Gasteiger partial charge on any atom is -0.496 e. The van der Waals surface area contributed by atoms with Gasteiger partial charge >= 0.3 is 0 Å². The highest BCUT2D eigenvalue weighted by molar-refractivity contribution is 7.13. The van der Waals surface area contributed by atoms with Gasteiger partial charge < -0.3 is 15.8 Å². The molecule has 3 N–H and O–H groups in total. The minimum atomic E-state index is -0.276. The number of nitrogens with zero attached hydrogens (tertiary/aromatic N) is 1. The Hall–Kier alpha value is -2.08. The number of methoxy groups -OCH3 is 1. The average Bonchev–Trinajstić information content (AvgIpc) is 2.80. The first-order valence-electron chi connectivity index (χ1n) is 5.69. The smallest absolute Gasteiger partial charge is 0.275 e. The van der Waals surface area contributed by atoms with E-state index in [1.165, 1.54) is 11.3 Å². The van der Waals surface area contributed by atoms with Gasteiger partial charge in [0.05, 0.1) is 7.11 Å². The molecule has 0 aliphatic carbocycles. The number of hydrogen-bond donors (Lipinski definition) is 2. The quantitative estimate of drug-likeness (QED) is 0.904. The van der Waals surface area contributed by atoms with Crippen molar-refractivity contribution in [2.24, 2.45) is 0 Å². The predicted octanol–water partition coefficient (Wildman–Crippen LogP) is 2.60. The molecule has 2 aromatic rings. The molecular weight excluding hydrogens is 262 g/mol. The Morgan fingerprint density at radius 3 is 2.74 bits per heavy atom. The summed E-state index contributed by atoms with van der Waals surface area (Å²) in [5.41, 5.74) is 8.45. The van der Waals surface area contributed by atoms with Crippen molar-refractivity contribution in [3.63, 3.8) is 0 Å². The van der Waals surface area contributed by atoms with Crippen LogP contribution in [-0.2, 0) is 0 Å². The standard InChI is InChI=1S/C13H15N3O2S/c1-7-4-5-9(8(2)11(7)18-3)15-12(17)10-6-19-13(14)16-10/h4-6H,1-3H3,(H2,14,16)(H,15,17). The first-order valence-corrected chi connectivity index (χ1v) is 6.57. The van der Waals surface area contributed by atoms with Crippen LogP contribution in [0.3, 0.4) is 0 Å². The second kappa shape index (κ2) is 5.27. The fraction of sp³-hybridized carbons (Fsp3) is 0.231. The topological polar surface area (TPSA) is 77.2 Å². The van der Waals surface area contributed by atoms with Crippen LogP contribution in [0.5, 0.6) is 5.75 Å². The summed E-state index contributed by atoms with van der Waals surface area (Å²) < 4.78 is 5.32. The monoisotopic (exact) mass is 277 g/mol. The fourth-order valence-electron chi connectivity index (χ4n) is 1.85. The van der Waals surface area contributed by atoms with Gasteiger partial charge in [-0.2, -0.15) is 0 Å². The molecule has 1 aromatic carbocycles. The number of rotatable bonds is 3. The van der Waals surface area contributed by atoms with Crippen molar-refractivity contribution in [3.05, 3.63) is 34.3 Å². The van der Waals surface area contributed by atoms with Gasteiger partial charge in [0.15, 0.2) is 5.13 Å². The molecular formula is C13H15N3O2S. The van der Waals surface area contributed by atoms with E-state index in [-0.39, 0.29) is 5.91 Å². The van der Waals surface area contributed by atoms with Crippen molar-refractivity contribution in [1.82, 2.24) is 4.98 Å². The number of carbonyl (C=O) groups excluding carboxylic acids is 1. The SMILES string of the molecule is COc1c(C)ccc(NC(=O)c2csc(N)n2)c1C. The molecule has 0 aliphatic rings. The lowest BCUT2D eigenvalue weighted by molar-refractivity contribution is 0.102. The Morgan fingerprint density at radius 1 is 1.42 bits per heavy atom. The summed E-state index contributed by atoms with van der Waals surface area (Å²) in [7, 11) is 1.61. The van der Waals surface area contributed by atoms with E-state index < -0.39 is 0 Å². The van der Waals surface area contributed by atoms with Gasteiger partial charge in [-0.15, -0.1) is 11.3 Å². The molecule has 6 heteroatoms. The first kappa shape index (κ1) is 13.4. The summed E-state index contributed by atoms with van der Waals surface area (Å²) in [5, 5.41) is 4.82. The highest BCUT2D eigenvalue weighted by Crippen LogP contribution is 2.29. The molecule has 2 rings (SSSR count). The number of nitrogens with one attached hydrogen (secondary N) is 1. The van der Waals surface area contributed by atoms with Crippen LogP contribution in [0, 0.1) is 13.8 Å². The van der Waals surface area contributed by atoms with Crippen LogP contribution >= 0.6 is 11.3 Å². The highest BCUT2D eigenvalue weighted by atomic mass is 32.1. The maximum atomic E-state index is 12.0. The van der Waals surface area contributed by atoms with Crippen LogP contribution in [0.2, 0.25) is 0 Å². The number of nitrogens with two attached hydrogens (primary N) is 1. The minimum absolute atomic E-state index is 0.276. The van der Waals surface area contributed by atoms with Gasteiger partial charge in [-0.25, -0.2) is 4.98 Å². The Balaban J connectivity index is 2.27. The van der Waals surface area contributed by atoms with E-state index in [0.29, 0.717) is 16.5 Å². The summed E-state index contributed by atoms with van der Waals surface area (Å²) in [6.07, 6.45) is 0. The van der Waals surface area contributed by atoms with Gasteiger partial charge in [-0.3, -0.25) is 4.79 Å². The Labute approximate surface area is 115 Å². The zero-order chi connectivity index (χ0) is 14.0. The van der Waals surface area contributed by atoms with Crippen molar-refractivity contribution in [3.8, 4) is 5.75 Å². The van der Waals surface area contributed by atoms with Gasteiger partial charge in [0.2, 0.25) is 0 Å². The number of hydrogen-bond acceptors (Lipinski definition) is 5. The molecule has 0 unspecified atom stereocenters. The predicted molar refractivity (Wildman–Crippen MR) is 76.9 cm³/mol. The second-order valence-electron chi connectivity index (χ2n) is 4.11. The molecule has 0 saturated heterocycles. The molecule has 0 spiro atoms. The van der Waals surface area contributed by atoms with E-state index in [0.717, 1.165) is 16.9 Å². The van der Waals surface area contributed by atoms with Crippen LogP contribution in [0.1, 0.15) is 21.6 Å². The number of nitrogen functional groups attached to an aromatic ring is 1. The Morgan fingerprint density at radius 2 is 2.16 bits per heavy atom. The summed E-state index contributed by atoms with van der Waals surface area (Å²) in [6.45, 7) is 3.86. The van der Waals surface area contributed by atoms with Crippen LogP contribution in [-0.4, -0.2) is 18.0 Å². The maximum absolute atomic E-state index is 12.0. The van der Waals surface area contributed by atoms with E-state index in [9.17, 15) is 4.79 Å². The number of thiazole rings is 1. The third-order valence-corrected chi connectivity index (χ3v) is 3.48. The Bertz CT molecular complexity index is 622. The summed E-state index contributed by atoms with van der Waals surface area (Å²) in [6, 6.07) is 3.75. The number of benzene rings is 1. The van der Waals surface area contributed by atoms with E-state index in [2.05, 4.69) is 10.3 Å². The van der Waals surface area contributed by atoms with Crippen molar-refractivity contribution >= 4 is 28.1 Å². The van der Waals surface area contributed by atoms with Crippen LogP contribution < -0.4 is 15.8 Å². The van der Waals surface area contributed by atoms with E-state index in [4.69, 9.17) is 10.5 Å². The van der Waals surface area contributed by atoms with E-state index >= 15 is 0 Å². The van der Waals surface area contributed by atoms with Crippen molar-refractivity contribution < 1.29 is 9.53 Å². The fourth-order valence-corrected chi connectivity index (χ4v) is 2.40. The molecule has 0 bridgehead atoms. The third kappa shape index (κ3) is 2.68. The number of amides is 1. The number of aryl methyl sites for hydroxylation is 1. The summed E-state index contributed by atoms with van der Waals surface area (Å²) >= 11 is 1.24. The lowest BCUT2D eigenvalue weighted by Crippen LogP contribution is -2.13. The molecule has 1 aromatic heterocycles. The molecule has 5 nitrogen and oxygen atoms in total. The molecule has 0 radical (unpaired) electrons. The van der Waals surface area contributed by atoms with Crippen molar-refractivity contribution in [1.29, 1.82) is 0 Å². The van der Waals surface area contributed by atoms with Gasteiger partial charge in [-0.05, 0) is 25.5 Å². The summed E-state index contributed by atoms with van der Waals surface area (Å²) in [5.74, 6) is 0.498. The van der Waals surface area contributed by atoms with Gasteiger partial charge in [0, 0.05) is 16.6 Å². The maximum Gasteiger partial charge on any atom is 0.275 e. The van der Waals surface area contributed by atoms with Crippen molar-refractivity contribution in [2.75, 3.05) is 18.2 Å². The summed E-state index contributed by atoms with van der Waals surface area (Å²) in [4.78, 5) is 16.0. The number of ether oxygens (including phenoxy) is 1. The van der Waals surface area contributed by atoms with Gasteiger partial charge in [0.1, 0.15) is 11.4 Å². The molecule has 0 fully saturated rings. The molecule has 1 amide bonds. The average molecular weight is 277 g/mol.